The molecule has 0 fully saturated rings. The second-order valence-electron chi connectivity index (χ2n) is 25.5. The number of hydrogen-bond donors (Lipinski definition) is 0. The van der Waals surface area contributed by atoms with Gasteiger partial charge in [-0.3, -0.25) is 0 Å². The van der Waals surface area contributed by atoms with Gasteiger partial charge in [0.05, 0.1) is 16.7 Å². The molecule has 86 heavy (non-hydrogen) atoms. The molecule has 0 N–H and O–H groups in total. The molecule has 3 heterocycles. The highest BCUT2D eigenvalue weighted by Gasteiger charge is 2.49. The summed E-state index contributed by atoms with van der Waals surface area (Å²) in [6.45, 7) is 14.6. The Hall–Kier alpha value is -10.4. The van der Waals surface area contributed by atoms with Crippen molar-refractivity contribution in [3.8, 4) is 39.1 Å². The quantitative estimate of drug-likeness (QED) is 0.159. The normalized spacial score (nSPS) is 14.7. The predicted octanol–water partition coefficient (Wildman–Crippen LogP) is 22.4. The summed E-state index contributed by atoms with van der Waals surface area (Å²) in [5.41, 5.74) is 27.8. The molecule has 3 aliphatic carbocycles. The van der Waals surface area contributed by atoms with Crippen LogP contribution in [0, 0.1) is 0 Å². The van der Waals surface area contributed by atoms with Crippen LogP contribution in [0.25, 0.3) is 105 Å². The summed E-state index contributed by atoms with van der Waals surface area (Å²) in [6, 6.07) is 91.3. The number of nitrogens with zero attached hydrogens (tertiary/aromatic N) is 3. The fourth-order valence-electron chi connectivity index (χ4n) is 16.0. The van der Waals surface area contributed by atoms with Crippen LogP contribution in [-0.2, 0) is 16.2 Å². The van der Waals surface area contributed by atoms with Gasteiger partial charge in [-0.15, -0.1) is 0 Å². The van der Waals surface area contributed by atoms with E-state index in [2.05, 4.69) is 305 Å². The zero-order valence-corrected chi connectivity index (χ0v) is 48.8. The van der Waals surface area contributed by atoms with Crippen molar-refractivity contribution in [1.29, 1.82) is 0 Å². The Labute approximate surface area is 499 Å². The summed E-state index contributed by atoms with van der Waals surface area (Å²) in [5, 5.41) is 7.06. The molecule has 410 valence electrons. The maximum atomic E-state index is 7.16. The van der Waals surface area contributed by atoms with Crippen LogP contribution in [0.1, 0.15) is 74.9 Å². The van der Waals surface area contributed by atoms with Crippen molar-refractivity contribution in [2.24, 2.45) is 0 Å². The number of rotatable bonds is 7. The molecule has 5 nitrogen and oxygen atoms in total. The first-order valence-electron chi connectivity index (χ1n) is 30.2. The Morgan fingerprint density at radius 2 is 0.791 bits per heavy atom. The van der Waals surface area contributed by atoms with E-state index in [0.717, 1.165) is 83.8 Å². The lowest BCUT2D eigenvalue weighted by molar-refractivity contribution is 0.600. The third-order valence-electron chi connectivity index (χ3n) is 19.9. The van der Waals surface area contributed by atoms with E-state index in [1.807, 2.05) is 0 Å². The number of anilines is 6. The summed E-state index contributed by atoms with van der Waals surface area (Å²) in [7, 11) is 0. The van der Waals surface area contributed by atoms with Crippen LogP contribution < -0.4 is 9.80 Å². The minimum atomic E-state index is -0.430. The standard InChI is InChI=1S/C81H59N3O2/c1-79(2)62-44-51(39-42-57(62)70-64(79)47-67(77-72(70)59-32-18-22-36-68(59)85-77)83(48-24-10-7-11-25-48)49-26-12-8-13-27-49)82(53-38-41-55-54-30-17-21-35-65(54)84(66(55)46-53)50-28-14-9-15-29-50)52-40-43-58-63(45-52)81(5,6)76-74(58)78-73(60-33-19-23-37-69(60)86-78)71-56-31-16-20-34-61(56)80(3,4)75(71)76/h7-47H,1-6H3. The maximum Gasteiger partial charge on any atom is 0.160 e. The van der Waals surface area contributed by atoms with Gasteiger partial charge in [-0.05, 0) is 158 Å². The van der Waals surface area contributed by atoms with Crippen molar-refractivity contribution >= 4 is 99.8 Å². The van der Waals surface area contributed by atoms with E-state index in [4.69, 9.17) is 8.83 Å². The molecule has 0 unspecified atom stereocenters. The first-order valence-corrected chi connectivity index (χ1v) is 30.2. The zero-order chi connectivity index (χ0) is 57.5. The topological polar surface area (TPSA) is 37.7 Å². The van der Waals surface area contributed by atoms with Gasteiger partial charge in [0.15, 0.2) is 5.58 Å². The van der Waals surface area contributed by atoms with E-state index in [9.17, 15) is 0 Å². The average Bonchev–Trinajstić information content (AvgIpc) is 1.52. The zero-order valence-electron chi connectivity index (χ0n) is 48.8. The lowest BCUT2D eigenvalue weighted by atomic mass is 9.72. The van der Waals surface area contributed by atoms with E-state index in [-0.39, 0.29) is 5.41 Å². The summed E-state index contributed by atoms with van der Waals surface area (Å²) in [4.78, 5) is 4.88. The maximum absolute atomic E-state index is 7.16. The average molecular weight is 1110 g/mol. The summed E-state index contributed by atoms with van der Waals surface area (Å²) < 4.78 is 16.7. The molecule has 0 spiro atoms. The van der Waals surface area contributed by atoms with Gasteiger partial charge in [-0.2, -0.15) is 0 Å². The van der Waals surface area contributed by atoms with Gasteiger partial charge < -0.3 is 23.2 Å². The molecule has 0 atom stereocenters. The number of benzene rings is 12. The number of aromatic nitrogens is 1. The SMILES string of the molecule is CC1(C)c2cc(N(c3ccc4c(c3)C(C)(C)c3c5c(c6c(oc7ccccc76)c3-4)-c3ccccc3C5(C)C)c3ccc4c5ccccc5n(-c5ccccc5)c4c3)ccc2-c2c1cc(N(c1ccccc1)c1ccccc1)c1oc3ccccc3c21. The van der Waals surface area contributed by atoms with Gasteiger partial charge in [-0.25, -0.2) is 0 Å². The Bertz CT molecular complexity index is 5350. The predicted molar refractivity (Wildman–Crippen MR) is 357 cm³/mol. The van der Waals surface area contributed by atoms with Crippen LogP contribution in [0.15, 0.2) is 258 Å². The van der Waals surface area contributed by atoms with Crippen LogP contribution in [0.4, 0.5) is 34.1 Å². The molecule has 3 aromatic heterocycles. The third-order valence-corrected chi connectivity index (χ3v) is 19.9. The monoisotopic (exact) mass is 1110 g/mol. The van der Waals surface area contributed by atoms with Gasteiger partial charge in [0, 0.05) is 88.3 Å². The minimum Gasteiger partial charge on any atom is -0.455 e. The Morgan fingerprint density at radius 3 is 1.47 bits per heavy atom. The molecule has 0 aliphatic heterocycles. The molecule has 0 saturated carbocycles. The minimum absolute atomic E-state index is 0.255. The highest BCUT2D eigenvalue weighted by molar-refractivity contribution is 6.22. The number of hydrogen-bond acceptors (Lipinski definition) is 4. The Morgan fingerprint density at radius 1 is 0.314 bits per heavy atom. The van der Waals surface area contributed by atoms with Gasteiger partial charge in [0.1, 0.15) is 16.7 Å². The molecule has 0 radical (unpaired) electrons. The van der Waals surface area contributed by atoms with Crippen molar-refractivity contribution in [2.75, 3.05) is 9.80 Å². The van der Waals surface area contributed by atoms with E-state index in [1.165, 1.54) is 88.4 Å². The molecule has 5 heteroatoms. The van der Waals surface area contributed by atoms with E-state index in [1.54, 1.807) is 0 Å². The van der Waals surface area contributed by atoms with Gasteiger partial charge in [0.25, 0.3) is 0 Å². The lowest BCUT2D eigenvalue weighted by Crippen LogP contribution is -2.24. The molecule has 0 bridgehead atoms. The van der Waals surface area contributed by atoms with Crippen molar-refractivity contribution in [3.63, 3.8) is 0 Å². The molecule has 15 aromatic rings. The van der Waals surface area contributed by atoms with Crippen LogP contribution in [-0.4, -0.2) is 4.57 Å². The summed E-state index contributed by atoms with van der Waals surface area (Å²) >= 11 is 0. The second kappa shape index (κ2) is 17.4. The highest BCUT2D eigenvalue weighted by Crippen LogP contribution is 2.64. The smallest absolute Gasteiger partial charge is 0.160 e. The highest BCUT2D eigenvalue weighted by atomic mass is 16.3. The fraction of sp³-hybridized carbons (Fsp3) is 0.111. The fourth-order valence-corrected chi connectivity index (χ4v) is 16.0. The molecular formula is C81H59N3O2. The van der Waals surface area contributed by atoms with Crippen molar-refractivity contribution < 1.29 is 8.83 Å². The van der Waals surface area contributed by atoms with Gasteiger partial charge in [-0.1, -0.05) is 193 Å². The Balaban J connectivity index is 0.881. The molecule has 0 amide bonds. The van der Waals surface area contributed by atoms with Crippen LogP contribution in [0.3, 0.4) is 0 Å². The van der Waals surface area contributed by atoms with Gasteiger partial charge in [0.2, 0.25) is 0 Å². The second-order valence-corrected chi connectivity index (χ2v) is 25.5. The van der Waals surface area contributed by atoms with E-state index < -0.39 is 10.8 Å². The van der Waals surface area contributed by atoms with Crippen molar-refractivity contribution in [3.05, 3.63) is 282 Å². The summed E-state index contributed by atoms with van der Waals surface area (Å²) in [6.07, 6.45) is 0. The largest absolute Gasteiger partial charge is 0.455 e. The van der Waals surface area contributed by atoms with Crippen LogP contribution in [0.2, 0.25) is 0 Å². The van der Waals surface area contributed by atoms with Crippen LogP contribution >= 0.6 is 0 Å². The van der Waals surface area contributed by atoms with Crippen LogP contribution in [0.5, 0.6) is 0 Å². The first-order chi connectivity index (χ1) is 42.0. The Kier molecular flexibility index (Phi) is 9.92. The molecule has 18 rings (SSSR count). The third kappa shape index (κ3) is 6.49. The number of furan rings is 2. The van der Waals surface area contributed by atoms with E-state index in [0.29, 0.717) is 0 Å². The van der Waals surface area contributed by atoms with Crippen molar-refractivity contribution in [2.45, 2.75) is 57.8 Å². The molecule has 0 saturated heterocycles. The number of para-hydroxylation sites is 6. The van der Waals surface area contributed by atoms with Crippen molar-refractivity contribution in [1.82, 2.24) is 4.57 Å². The molecule has 3 aliphatic rings. The lowest BCUT2D eigenvalue weighted by Gasteiger charge is -2.32. The summed E-state index contributed by atoms with van der Waals surface area (Å²) in [5.74, 6) is 0. The molecular weight excluding hydrogens is 1050 g/mol. The van der Waals surface area contributed by atoms with Gasteiger partial charge >= 0.3 is 0 Å². The first kappa shape index (κ1) is 49.1. The van der Waals surface area contributed by atoms with E-state index >= 15 is 0 Å². The molecule has 12 aromatic carbocycles. The number of fused-ring (bicyclic) bond motifs is 22.